The second kappa shape index (κ2) is 9.47. The molecule has 0 atom stereocenters. The fourth-order valence-electron chi connectivity index (χ4n) is 3.84. The molecule has 32 heavy (non-hydrogen) atoms. The van der Waals surface area contributed by atoms with Crippen molar-refractivity contribution in [1.82, 2.24) is 4.98 Å². The van der Waals surface area contributed by atoms with Gasteiger partial charge >= 0.3 is 0 Å². The summed E-state index contributed by atoms with van der Waals surface area (Å²) < 4.78 is 15.9. The van der Waals surface area contributed by atoms with Gasteiger partial charge in [0.25, 0.3) is 0 Å². The van der Waals surface area contributed by atoms with Crippen molar-refractivity contribution >= 4 is 22.5 Å². The number of rotatable bonds is 8. The maximum Gasteiger partial charge on any atom is 0.224 e. The molecule has 2 N–H and O–H groups in total. The molecule has 0 saturated heterocycles. The Bertz CT molecular complexity index is 1230. The lowest BCUT2D eigenvalue weighted by Crippen LogP contribution is -2.12. The van der Waals surface area contributed by atoms with Gasteiger partial charge in [-0.3, -0.25) is 4.79 Å². The average Bonchev–Trinajstić information content (AvgIpc) is 3.21. The number of fused-ring (bicyclic) bond motifs is 1. The van der Waals surface area contributed by atoms with Crippen LogP contribution in [0.15, 0.2) is 66.7 Å². The van der Waals surface area contributed by atoms with Crippen molar-refractivity contribution in [1.29, 1.82) is 0 Å². The van der Waals surface area contributed by atoms with Crippen molar-refractivity contribution in [3.8, 4) is 28.5 Å². The molecule has 0 unspecified atom stereocenters. The Kier molecular flexibility index (Phi) is 6.31. The number of aromatic amines is 1. The first-order valence-corrected chi connectivity index (χ1v) is 10.4. The topological polar surface area (TPSA) is 72.6 Å². The molecule has 4 rings (SSSR count). The highest BCUT2D eigenvalue weighted by atomic mass is 16.5. The van der Waals surface area contributed by atoms with Crippen molar-refractivity contribution in [3.63, 3.8) is 0 Å². The smallest absolute Gasteiger partial charge is 0.224 e. The van der Waals surface area contributed by atoms with Crippen LogP contribution >= 0.6 is 0 Å². The first kappa shape index (κ1) is 21.3. The normalized spacial score (nSPS) is 10.7. The maximum atomic E-state index is 12.7. The number of benzene rings is 3. The van der Waals surface area contributed by atoms with Gasteiger partial charge in [-0.15, -0.1) is 0 Å². The number of carbonyl (C=O) groups is 1. The number of aromatic nitrogens is 1. The quantitative estimate of drug-likeness (QED) is 0.391. The number of hydrogen-bond donors (Lipinski definition) is 2. The van der Waals surface area contributed by atoms with Crippen LogP contribution in [0, 0.1) is 0 Å². The average molecular weight is 431 g/mol. The van der Waals surface area contributed by atoms with Crippen LogP contribution in [0.2, 0.25) is 0 Å². The van der Waals surface area contributed by atoms with E-state index in [1.165, 1.54) is 0 Å². The number of para-hydroxylation sites is 1. The van der Waals surface area contributed by atoms with Crippen LogP contribution in [0.5, 0.6) is 17.2 Å². The van der Waals surface area contributed by atoms with E-state index >= 15 is 0 Å². The van der Waals surface area contributed by atoms with Crippen molar-refractivity contribution in [3.05, 3.63) is 72.3 Å². The van der Waals surface area contributed by atoms with Crippen LogP contribution in [0.3, 0.4) is 0 Å². The molecule has 0 fully saturated rings. The SMILES string of the molecule is COc1ccc(-c2[nH]c3ccccc3c2CCC(=O)Nc2ccc(OC)c(OC)c2)cc1. The lowest BCUT2D eigenvalue weighted by atomic mass is 10.0. The molecular formula is C26H26N2O4. The predicted molar refractivity (Wildman–Crippen MR) is 127 cm³/mol. The molecule has 0 aliphatic carbocycles. The Morgan fingerprint density at radius 3 is 2.34 bits per heavy atom. The molecule has 0 saturated carbocycles. The fraction of sp³-hybridized carbons (Fsp3) is 0.192. The summed E-state index contributed by atoms with van der Waals surface area (Å²) in [5.74, 6) is 1.93. The third-order valence-electron chi connectivity index (χ3n) is 5.46. The van der Waals surface area contributed by atoms with E-state index in [-0.39, 0.29) is 5.91 Å². The van der Waals surface area contributed by atoms with Gasteiger partial charge in [0.15, 0.2) is 11.5 Å². The predicted octanol–water partition coefficient (Wildman–Crippen LogP) is 5.43. The second-order valence-electron chi connectivity index (χ2n) is 7.37. The van der Waals surface area contributed by atoms with E-state index in [1.54, 1.807) is 39.5 Å². The lowest BCUT2D eigenvalue weighted by molar-refractivity contribution is -0.116. The summed E-state index contributed by atoms with van der Waals surface area (Å²) in [6, 6.07) is 21.4. The standard InChI is InChI=1S/C26H26N2O4/c1-30-19-11-8-17(9-12-19)26-21(20-6-4-5-7-22(20)28-26)13-15-25(29)27-18-10-14-23(31-2)24(16-18)32-3/h4-12,14,16,28H,13,15H2,1-3H3,(H,27,29). The summed E-state index contributed by atoms with van der Waals surface area (Å²) in [6.07, 6.45) is 0.948. The van der Waals surface area contributed by atoms with Gasteiger partial charge in [-0.05, 0) is 60.0 Å². The molecule has 1 heterocycles. The third kappa shape index (κ3) is 4.39. The number of aryl methyl sites for hydroxylation is 1. The minimum absolute atomic E-state index is 0.0665. The van der Waals surface area contributed by atoms with Gasteiger partial charge in [-0.2, -0.15) is 0 Å². The number of amides is 1. The van der Waals surface area contributed by atoms with Crippen molar-refractivity contribution < 1.29 is 19.0 Å². The highest BCUT2D eigenvalue weighted by molar-refractivity contribution is 5.94. The third-order valence-corrected chi connectivity index (χ3v) is 5.46. The monoisotopic (exact) mass is 430 g/mol. The van der Waals surface area contributed by atoms with Crippen LogP contribution in [0.1, 0.15) is 12.0 Å². The molecule has 0 bridgehead atoms. The van der Waals surface area contributed by atoms with Crippen LogP contribution in [-0.2, 0) is 11.2 Å². The first-order valence-electron chi connectivity index (χ1n) is 10.4. The molecule has 0 aliphatic heterocycles. The summed E-state index contributed by atoms with van der Waals surface area (Å²) in [6.45, 7) is 0. The van der Waals surface area contributed by atoms with E-state index in [0.29, 0.717) is 30.0 Å². The van der Waals surface area contributed by atoms with Crippen LogP contribution in [0.25, 0.3) is 22.2 Å². The van der Waals surface area contributed by atoms with Crippen LogP contribution in [-0.4, -0.2) is 32.2 Å². The van der Waals surface area contributed by atoms with Crippen LogP contribution < -0.4 is 19.5 Å². The van der Waals surface area contributed by atoms with Gasteiger partial charge in [0.1, 0.15) is 5.75 Å². The summed E-state index contributed by atoms with van der Waals surface area (Å²) in [5, 5.41) is 4.07. The number of anilines is 1. The number of methoxy groups -OCH3 is 3. The highest BCUT2D eigenvalue weighted by Crippen LogP contribution is 2.33. The molecule has 164 valence electrons. The summed E-state index contributed by atoms with van der Waals surface area (Å²) in [4.78, 5) is 16.2. The van der Waals surface area contributed by atoms with Crippen LogP contribution in [0.4, 0.5) is 5.69 Å². The molecule has 6 nitrogen and oxygen atoms in total. The Labute approximate surface area is 187 Å². The van der Waals surface area contributed by atoms with Crippen molar-refractivity contribution in [2.75, 3.05) is 26.6 Å². The Balaban J connectivity index is 1.55. The minimum atomic E-state index is -0.0665. The number of hydrogen-bond acceptors (Lipinski definition) is 4. The Hall–Kier alpha value is -3.93. The maximum absolute atomic E-state index is 12.7. The number of nitrogens with one attached hydrogen (secondary N) is 2. The molecule has 1 aromatic heterocycles. The van der Waals surface area contributed by atoms with E-state index in [2.05, 4.69) is 22.4 Å². The molecule has 6 heteroatoms. The summed E-state index contributed by atoms with van der Waals surface area (Å²) in [7, 11) is 4.80. The zero-order valence-electron chi connectivity index (χ0n) is 18.4. The van der Waals surface area contributed by atoms with Gasteiger partial charge in [0.05, 0.1) is 21.3 Å². The number of carbonyl (C=O) groups excluding carboxylic acids is 1. The van der Waals surface area contributed by atoms with Gasteiger partial charge in [0, 0.05) is 34.8 Å². The summed E-state index contributed by atoms with van der Waals surface area (Å²) in [5.41, 5.74) is 4.91. The lowest BCUT2D eigenvalue weighted by Gasteiger charge is -2.11. The first-order chi connectivity index (χ1) is 15.6. The van der Waals surface area contributed by atoms with E-state index in [1.807, 2.05) is 36.4 Å². The van der Waals surface area contributed by atoms with Gasteiger partial charge in [-0.25, -0.2) is 0 Å². The fourth-order valence-corrected chi connectivity index (χ4v) is 3.84. The van der Waals surface area contributed by atoms with Gasteiger partial charge < -0.3 is 24.5 Å². The number of H-pyrrole nitrogens is 1. The Morgan fingerprint density at radius 1 is 0.875 bits per heavy atom. The van der Waals surface area contributed by atoms with Crippen molar-refractivity contribution in [2.24, 2.45) is 0 Å². The Morgan fingerprint density at radius 2 is 1.62 bits per heavy atom. The minimum Gasteiger partial charge on any atom is -0.497 e. The second-order valence-corrected chi connectivity index (χ2v) is 7.37. The van der Waals surface area contributed by atoms with Gasteiger partial charge in [0.2, 0.25) is 5.91 Å². The van der Waals surface area contributed by atoms with Crippen molar-refractivity contribution in [2.45, 2.75) is 12.8 Å². The molecule has 0 aliphatic rings. The molecule has 4 aromatic rings. The molecule has 0 radical (unpaired) electrons. The summed E-state index contributed by atoms with van der Waals surface area (Å²) >= 11 is 0. The van der Waals surface area contributed by atoms with E-state index in [0.717, 1.165) is 33.5 Å². The largest absolute Gasteiger partial charge is 0.497 e. The zero-order chi connectivity index (χ0) is 22.5. The van der Waals surface area contributed by atoms with Gasteiger partial charge in [-0.1, -0.05) is 18.2 Å². The van der Waals surface area contributed by atoms with E-state index < -0.39 is 0 Å². The van der Waals surface area contributed by atoms with E-state index in [4.69, 9.17) is 14.2 Å². The molecular weight excluding hydrogens is 404 g/mol. The molecule has 0 spiro atoms. The van der Waals surface area contributed by atoms with E-state index in [9.17, 15) is 4.79 Å². The molecule has 1 amide bonds. The number of ether oxygens (including phenoxy) is 3. The molecule has 3 aromatic carbocycles. The highest BCUT2D eigenvalue weighted by Gasteiger charge is 2.15. The zero-order valence-corrected chi connectivity index (χ0v) is 18.4.